The molecule has 7 nitrogen and oxygen atoms in total. The molecule has 19 heavy (non-hydrogen) atoms. The molecule has 0 aliphatic heterocycles. The lowest BCUT2D eigenvalue weighted by molar-refractivity contribution is -0.142. The van der Waals surface area contributed by atoms with E-state index in [1.165, 1.54) is 19.4 Å². The summed E-state index contributed by atoms with van der Waals surface area (Å²) < 4.78 is 4.51. The Morgan fingerprint density at radius 2 is 2.21 bits per heavy atom. The van der Waals surface area contributed by atoms with Crippen LogP contribution < -0.4 is 5.32 Å². The molecule has 2 N–H and O–H groups in total. The van der Waals surface area contributed by atoms with Crippen LogP contribution in [0.3, 0.4) is 0 Å². The maximum Gasteiger partial charge on any atom is 0.376 e. The van der Waals surface area contributed by atoms with Gasteiger partial charge in [0.1, 0.15) is 11.4 Å². The number of carboxylic acids is 1. The molecule has 0 radical (unpaired) electrons. The molecular formula is C12H17N3O4. The molecular weight excluding hydrogens is 250 g/mol. The van der Waals surface area contributed by atoms with E-state index >= 15 is 0 Å². The fraction of sp³-hybridized carbons (Fsp3) is 0.500. The van der Waals surface area contributed by atoms with Gasteiger partial charge in [-0.15, -0.1) is 0 Å². The minimum atomic E-state index is -1.14. The number of carboxylic acid groups (broad SMARTS) is 1. The number of hydrogen-bond acceptors (Lipinski definition) is 6. The molecule has 0 saturated heterocycles. The summed E-state index contributed by atoms with van der Waals surface area (Å²) in [6, 6.07) is 1.50. The van der Waals surface area contributed by atoms with Crippen LogP contribution in [-0.4, -0.2) is 39.7 Å². The average molecular weight is 267 g/mol. The van der Waals surface area contributed by atoms with E-state index in [0.717, 1.165) is 0 Å². The molecule has 0 aromatic carbocycles. The zero-order valence-corrected chi connectivity index (χ0v) is 11.1. The highest BCUT2D eigenvalue weighted by Crippen LogP contribution is 2.19. The largest absolute Gasteiger partial charge is 0.480 e. The number of hydrogen-bond donors (Lipinski definition) is 2. The van der Waals surface area contributed by atoms with Crippen LogP contribution in [0.1, 0.15) is 37.3 Å². The Balaban J connectivity index is 2.97. The van der Waals surface area contributed by atoms with Gasteiger partial charge in [-0.05, 0) is 19.4 Å². The molecule has 0 bridgehead atoms. The summed E-state index contributed by atoms with van der Waals surface area (Å²) >= 11 is 0. The molecule has 1 unspecified atom stereocenters. The van der Waals surface area contributed by atoms with Crippen LogP contribution in [0.4, 0.5) is 5.82 Å². The third-order valence-corrected chi connectivity index (χ3v) is 2.65. The summed E-state index contributed by atoms with van der Waals surface area (Å²) in [5, 5.41) is 12.1. The molecule has 7 heteroatoms. The second kappa shape index (κ2) is 6.12. The first-order valence-electron chi connectivity index (χ1n) is 5.86. The zero-order valence-electron chi connectivity index (χ0n) is 11.1. The minimum Gasteiger partial charge on any atom is -0.480 e. The van der Waals surface area contributed by atoms with Gasteiger partial charge in [0.25, 0.3) is 0 Å². The van der Waals surface area contributed by atoms with Crippen LogP contribution in [0.2, 0.25) is 0 Å². The predicted molar refractivity (Wildman–Crippen MR) is 67.9 cm³/mol. The van der Waals surface area contributed by atoms with Gasteiger partial charge in [0.2, 0.25) is 5.82 Å². The van der Waals surface area contributed by atoms with E-state index in [1.54, 1.807) is 6.92 Å². The highest BCUT2D eigenvalue weighted by Gasteiger charge is 2.32. The van der Waals surface area contributed by atoms with Crippen LogP contribution in [0.5, 0.6) is 0 Å². The first-order chi connectivity index (χ1) is 8.92. The summed E-state index contributed by atoms with van der Waals surface area (Å²) in [7, 11) is 1.23. The number of methoxy groups -OCH3 is 1. The number of nitrogens with one attached hydrogen (secondary N) is 1. The fourth-order valence-electron chi connectivity index (χ4n) is 1.62. The maximum atomic E-state index is 11.3. The zero-order chi connectivity index (χ0) is 14.5. The second-order valence-corrected chi connectivity index (χ2v) is 4.27. The Morgan fingerprint density at radius 1 is 1.53 bits per heavy atom. The molecule has 0 saturated carbocycles. The number of esters is 1. The summed E-state index contributed by atoms with van der Waals surface area (Å²) in [6.45, 7) is 3.46. The molecule has 1 atom stereocenters. The number of aliphatic carboxylic acids is 1. The van der Waals surface area contributed by atoms with Crippen molar-refractivity contribution < 1.29 is 19.4 Å². The maximum absolute atomic E-state index is 11.3. The molecule has 1 rings (SSSR count). The van der Waals surface area contributed by atoms with Gasteiger partial charge in [-0.1, -0.05) is 13.3 Å². The topological polar surface area (TPSA) is 101 Å². The van der Waals surface area contributed by atoms with E-state index in [1.807, 2.05) is 6.92 Å². The number of carbonyl (C=O) groups is 2. The van der Waals surface area contributed by atoms with E-state index in [2.05, 4.69) is 20.0 Å². The van der Waals surface area contributed by atoms with Gasteiger partial charge < -0.3 is 15.2 Å². The molecule has 0 amide bonds. The van der Waals surface area contributed by atoms with E-state index in [-0.39, 0.29) is 11.6 Å². The predicted octanol–water partition coefficient (Wildman–Crippen LogP) is 1.32. The molecule has 1 heterocycles. The lowest BCUT2D eigenvalue weighted by Gasteiger charge is -2.26. The first-order valence-corrected chi connectivity index (χ1v) is 5.86. The summed E-state index contributed by atoms with van der Waals surface area (Å²) in [5.74, 6) is -1.49. The number of ether oxygens (including phenoxy) is 1. The Labute approximate surface area is 111 Å². The molecule has 1 aromatic rings. The third kappa shape index (κ3) is 3.64. The van der Waals surface area contributed by atoms with Crippen LogP contribution in [-0.2, 0) is 9.53 Å². The monoisotopic (exact) mass is 267 g/mol. The Hall–Kier alpha value is -2.18. The standard InChI is InChI=1S/C12H17N3O4/c1-4-6-12(2,11(17)18)15-8-5-7-13-9(14-8)10(16)19-3/h5,7H,4,6H2,1-3H3,(H,17,18)(H,13,14,15). The number of aromatic nitrogens is 2. The number of carbonyl (C=O) groups excluding carboxylic acids is 1. The summed E-state index contributed by atoms with van der Waals surface area (Å²) in [6.07, 6.45) is 2.50. The van der Waals surface area contributed by atoms with Gasteiger partial charge >= 0.3 is 11.9 Å². The third-order valence-electron chi connectivity index (χ3n) is 2.65. The van der Waals surface area contributed by atoms with E-state index < -0.39 is 17.5 Å². The van der Waals surface area contributed by atoms with Crippen molar-refractivity contribution in [2.45, 2.75) is 32.2 Å². The van der Waals surface area contributed by atoms with Crippen LogP contribution >= 0.6 is 0 Å². The number of nitrogens with zero attached hydrogens (tertiary/aromatic N) is 2. The van der Waals surface area contributed by atoms with E-state index in [9.17, 15) is 14.7 Å². The second-order valence-electron chi connectivity index (χ2n) is 4.27. The molecule has 0 spiro atoms. The van der Waals surface area contributed by atoms with Crippen molar-refractivity contribution in [3.63, 3.8) is 0 Å². The van der Waals surface area contributed by atoms with Gasteiger partial charge in [0.05, 0.1) is 7.11 Å². The molecule has 0 aliphatic carbocycles. The Kier molecular flexibility index (Phi) is 4.80. The lowest BCUT2D eigenvalue weighted by Crippen LogP contribution is -2.43. The quantitative estimate of drug-likeness (QED) is 0.749. The first kappa shape index (κ1) is 14.9. The normalized spacial score (nSPS) is 13.4. The number of anilines is 1. The Morgan fingerprint density at radius 3 is 2.74 bits per heavy atom. The van der Waals surface area contributed by atoms with Crippen molar-refractivity contribution in [1.82, 2.24) is 9.97 Å². The van der Waals surface area contributed by atoms with Crippen molar-refractivity contribution in [3.8, 4) is 0 Å². The van der Waals surface area contributed by atoms with Crippen molar-refractivity contribution >= 4 is 17.8 Å². The van der Waals surface area contributed by atoms with Gasteiger partial charge in [-0.25, -0.2) is 19.6 Å². The van der Waals surface area contributed by atoms with Crippen molar-refractivity contribution in [2.24, 2.45) is 0 Å². The SMILES string of the molecule is CCCC(C)(Nc1ccnc(C(=O)OC)n1)C(=O)O. The van der Waals surface area contributed by atoms with Crippen LogP contribution in [0.25, 0.3) is 0 Å². The molecule has 0 fully saturated rings. The van der Waals surface area contributed by atoms with Crippen LogP contribution in [0, 0.1) is 0 Å². The van der Waals surface area contributed by atoms with Crippen molar-refractivity contribution in [1.29, 1.82) is 0 Å². The highest BCUT2D eigenvalue weighted by atomic mass is 16.5. The van der Waals surface area contributed by atoms with E-state index in [4.69, 9.17) is 0 Å². The summed E-state index contributed by atoms with van der Waals surface area (Å²) in [5.41, 5.74) is -1.14. The molecule has 1 aromatic heterocycles. The smallest absolute Gasteiger partial charge is 0.376 e. The minimum absolute atomic E-state index is 0.114. The van der Waals surface area contributed by atoms with Crippen LogP contribution in [0.15, 0.2) is 12.3 Å². The Bertz CT molecular complexity index is 478. The van der Waals surface area contributed by atoms with Crippen molar-refractivity contribution in [3.05, 3.63) is 18.1 Å². The lowest BCUT2D eigenvalue weighted by atomic mass is 9.96. The number of rotatable bonds is 6. The van der Waals surface area contributed by atoms with Gasteiger partial charge in [-0.3, -0.25) is 0 Å². The summed E-state index contributed by atoms with van der Waals surface area (Å²) in [4.78, 5) is 30.3. The van der Waals surface area contributed by atoms with Gasteiger partial charge in [0, 0.05) is 6.20 Å². The fourth-order valence-corrected chi connectivity index (χ4v) is 1.62. The molecule has 0 aliphatic rings. The van der Waals surface area contributed by atoms with Gasteiger partial charge in [0.15, 0.2) is 0 Å². The van der Waals surface area contributed by atoms with E-state index in [0.29, 0.717) is 12.8 Å². The molecule has 104 valence electrons. The van der Waals surface area contributed by atoms with Crippen molar-refractivity contribution in [2.75, 3.05) is 12.4 Å². The van der Waals surface area contributed by atoms with Gasteiger partial charge in [-0.2, -0.15) is 0 Å². The highest BCUT2D eigenvalue weighted by molar-refractivity contribution is 5.86. The average Bonchev–Trinajstić information content (AvgIpc) is 2.38.